The van der Waals surface area contributed by atoms with E-state index in [1.165, 1.54) is 5.56 Å². The summed E-state index contributed by atoms with van der Waals surface area (Å²) >= 11 is 0. The zero-order chi connectivity index (χ0) is 15.2. The minimum absolute atomic E-state index is 0.0772. The lowest BCUT2D eigenvalue weighted by Gasteiger charge is -2.22. The molecule has 1 aromatic carbocycles. The molecule has 0 bridgehead atoms. The fraction of sp³-hybridized carbons (Fsp3) is 0.562. The summed E-state index contributed by atoms with van der Waals surface area (Å²) in [5.74, 6) is 0. The Labute approximate surface area is 121 Å². The van der Waals surface area contributed by atoms with Crippen LogP contribution in [-0.4, -0.2) is 11.7 Å². The number of aryl methyl sites for hydroxylation is 1. The molecule has 1 atom stereocenters. The molecule has 1 unspecified atom stereocenters. The predicted molar refractivity (Wildman–Crippen MR) is 81.4 cm³/mol. The van der Waals surface area contributed by atoms with Gasteiger partial charge < -0.3 is 4.74 Å². The second-order valence-electron chi connectivity index (χ2n) is 5.83. The van der Waals surface area contributed by atoms with E-state index in [4.69, 9.17) is 4.74 Å². The number of nitrogens with one attached hydrogen (secondary N) is 2. The molecule has 0 aromatic heterocycles. The molecule has 0 aliphatic rings. The van der Waals surface area contributed by atoms with Gasteiger partial charge in [0.1, 0.15) is 5.60 Å². The minimum Gasteiger partial charge on any atom is -0.443 e. The van der Waals surface area contributed by atoms with Crippen molar-refractivity contribution in [3.8, 4) is 0 Å². The van der Waals surface area contributed by atoms with Gasteiger partial charge in [-0.1, -0.05) is 38.1 Å². The number of carbonyl (C=O) groups excluding carboxylic acids is 1. The van der Waals surface area contributed by atoms with E-state index in [1.54, 1.807) is 0 Å². The first-order chi connectivity index (χ1) is 9.35. The summed E-state index contributed by atoms with van der Waals surface area (Å²) in [4.78, 5) is 11.6. The highest BCUT2D eigenvalue weighted by atomic mass is 16.6. The highest BCUT2D eigenvalue weighted by Crippen LogP contribution is 2.17. The van der Waals surface area contributed by atoms with Crippen molar-refractivity contribution in [1.82, 2.24) is 10.9 Å². The van der Waals surface area contributed by atoms with E-state index in [0.717, 1.165) is 18.4 Å². The van der Waals surface area contributed by atoms with Crippen molar-refractivity contribution in [3.63, 3.8) is 0 Å². The molecule has 1 rings (SSSR count). The average Bonchev–Trinajstić information content (AvgIpc) is 2.38. The van der Waals surface area contributed by atoms with Crippen LogP contribution in [0.5, 0.6) is 0 Å². The Morgan fingerprint density at radius 2 is 1.80 bits per heavy atom. The lowest BCUT2D eigenvalue weighted by Crippen LogP contribution is -2.42. The molecule has 0 heterocycles. The summed E-state index contributed by atoms with van der Waals surface area (Å²) in [6.45, 7) is 9.73. The van der Waals surface area contributed by atoms with Crippen LogP contribution in [0.15, 0.2) is 24.3 Å². The van der Waals surface area contributed by atoms with Gasteiger partial charge in [-0.2, -0.15) is 0 Å². The smallest absolute Gasteiger partial charge is 0.422 e. The van der Waals surface area contributed by atoms with Crippen LogP contribution >= 0.6 is 0 Å². The third-order valence-electron chi connectivity index (χ3n) is 2.95. The molecular formula is C16H26N2O2. The highest BCUT2D eigenvalue weighted by molar-refractivity contribution is 5.67. The van der Waals surface area contributed by atoms with Gasteiger partial charge in [-0.05, 0) is 44.7 Å². The topological polar surface area (TPSA) is 50.4 Å². The normalized spacial score (nSPS) is 12.8. The van der Waals surface area contributed by atoms with Crippen LogP contribution in [-0.2, 0) is 11.2 Å². The SMILES string of the molecule is CCc1ccc(C(CC)NNC(=O)OC(C)(C)C)cc1. The van der Waals surface area contributed by atoms with Gasteiger partial charge in [-0.25, -0.2) is 10.2 Å². The number of benzene rings is 1. The van der Waals surface area contributed by atoms with Crippen LogP contribution in [0.2, 0.25) is 0 Å². The van der Waals surface area contributed by atoms with Crippen LogP contribution in [0, 0.1) is 0 Å². The summed E-state index contributed by atoms with van der Waals surface area (Å²) < 4.78 is 5.19. The lowest BCUT2D eigenvalue weighted by molar-refractivity contribution is 0.0487. The van der Waals surface area contributed by atoms with Gasteiger partial charge in [0.2, 0.25) is 0 Å². The average molecular weight is 278 g/mol. The lowest BCUT2D eigenvalue weighted by atomic mass is 10.0. The van der Waals surface area contributed by atoms with E-state index in [0.29, 0.717) is 0 Å². The van der Waals surface area contributed by atoms with Gasteiger partial charge >= 0.3 is 6.09 Å². The molecule has 20 heavy (non-hydrogen) atoms. The van der Waals surface area contributed by atoms with Crippen molar-refractivity contribution in [2.24, 2.45) is 0 Å². The zero-order valence-electron chi connectivity index (χ0n) is 13.1. The number of amides is 1. The summed E-state index contributed by atoms with van der Waals surface area (Å²) in [5.41, 5.74) is 7.60. The number of carbonyl (C=O) groups is 1. The Kier molecular flexibility index (Phi) is 6.02. The van der Waals surface area contributed by atoms with E-state index in [9.17, 15) is 4.79 Å². The molecule has 0 aliphatic carbocycles. The molecule has 4 heteroatoms. The van der Waals surface area contributed by atoms with Crippen LogP contribution in [0.1, 0.15) is 58.2 Å². The van der Waals surface area contributed by atoms with Gasteiger partial charge in [0.15, 0.2) is 0 Å². The van der Waals surface area contributed by atoms with Gasteiger partial charge in [-0.15, -0.1) is 0 Å². The molecule has 0 aliphatic heterocycles. The molecule has 4 nitrogen and oxygen atoms in total. The van der Waals surface area contributed by atoms with Crippen molar-refractivity contribution in [3.05, 3.63) is 35.4 Å². The van der Waals surface area contributed by atoms with Crippen LogP contribution < -0.4 is 10.9 Å². The molecule has 1 amide bonds. The summed E-state index contributed by atoms with van der Waals surface area (Å²) in [6, 6.07) is 8.50. The molecule has 0 saturated carbocycles. The van der Waals surface area contributed by atoms with Gasteiger partial charge in [0, 0.05) is 0 Å². The number of hydrazine groups is 1. The van der Waals surface area contributed by atoms with Gasteiger partial charge in [0.05, 0.1) is 6.04 Å². The largest absolute Gasteiger partial charge is 0.443 e. The summed E-state index contributed by atoms with van der Waals surface area (Å²) in [5, 5.41) is 0. The number of hydrogen-bond donors (Lipinski definition) is 2. The minimum atomic E-state index is -0.490. The third-order valence-corrected chi connectivity index (χ3v) is 2.95. The number of rotatable bonds is 5. The summed E-state index contributed by atoms with van der Waals surface area (Å²) in [6.07, 6.45) is 1.45. The van der Waals surface area contributed by atoms with E-state index in [-0.39, 0.29) is 6.04 Å². The molecule has 0 spiro atoms. The number of hydrogen-bond acceptors (Lipinski definition) is 3. The maximum absolute atomic E-state index is 11.6. The first kappa shape index (κ1) is 16.5. The van der Waals surface area contributed by atoms with E-state index < -0.39 is 11.7 Å². The maximum atomic E-state index is 11.6. The molecule has 112 valence electrons. The Hall–Kier alpha value is -1.55. The van der Waals surface area contributed by atoms with Crippen LogP contribution in [0.3, 0.4) is 0 Å². The number of ether oxygens (including phenoxy) is 1. The Bertz CT molecular complexity index is 421. The van der Waals surface area contributed by atoms with Crippen LogP contribution in [0.4, 0.5) is 4.79 Å². The van der Waals surface area contributed by atoms with E-state index in [2.05, 4.69) is 49.0 Å². The van der Waals surface area contributed by atoms with Crippen molar-refractivity contribution in [2.75, 3.05) is 0 Å². The van der Waals surface area contributed by atoms with Gasteiger partial charge in [0.25, 0.3) is 0 Å². The Morgan fingerprint density at radius 3 is 2.25 bits per heavy atom. The van der Waals surface area contributed by atoms with E-state index >= 15 is 0 Å². The monoisotopic (exact) mass is 278 g/mol. The van der Waals surface area contributed by atoms with Crippen molar-refractivity contribution in [2.45, 2.75) is 59.1 Å². The second-order valence-corrected chi connectivity index (χ2v) is 5.83. The third kappa shape index (κ3) is 5.61. The fourth-order valence-electron chi connectivity index (χ4n) is 1.86. The molecule has 0 fully saturated rings. The van der Waals surface area contributed by atoms with Crippen molar-refractivity contribution < 1.29 is 9.53 Å². The van der Waals surface area contributed by atoms with Crippen LogP contribution in [0.25, 0.3) is 0 Å². The van der Waals surface area contributed by atoms with Crippen molar-refractivity contribution in [1.29, 1.82) is 0 Å². The highest BCUT2D eigenvalue weighted by Gasteiger charge is 2.17. The standard InChI is InChI=1S/C16H26N2O2/c1-6-12-8-10-13(11-9-12)14(7-2)17-18-15(19)20-16(3,4)5/h8-11,14,17H,6-7H2,1-5H3,(H,18,19). The predicted octanol–water partition coefficient (Wildman–Crippen LogP) is 3.73. The molecule has 0 saturated heterocycles. The first-order valence-corrected chi connectivity index (χ1v) is 7.19. The Morgan fingerprint density at radius 1 is 1.20 bits per heavy atom. The Balaban J connectivity index is 2.56. The first-order valence-electron chi connectivity index (χ1n) is 7.19. The molecular weight excluding hydrogens is 252 g/mol. The molecule has 2 N–H and O–H groups in total. The zero-order valence-corrected chi connectivity index (χ0v) is 13.1. The van der Waals surface area contributed by atoms with Gasteiger partial charge in [-0.3, -0.25) is 5.43 Å². The quantitative estimate of drug-likeness (QED) is 0.807. The van der Waals surface area contributed by atoms with Crippen molar-refractivity contribution >= 4 is 6.09 Å². The summed E-state index contributed by atoms with van der Waals surface area (Å²) in [7, 11) is 0. The molecule has 1 aromatic rings. The second kappa shape index (κ2) is 7.29. The van der Waals surface area contributed by atoms with E-state index in [1.807, 2.05) is 20.8 Å². The maximum Gasteiger partial charge on any atom is 0.422 e. The molecule has 0 radical (unpaired) electrons. The fourth-order valence-corrected chi connectivity index (χ4v) is 1.86.